The van der Waals surface area contributed by atoms with Crippen LogP contribution in [0, 0.1) is 5.82 Å². The van der Waals surface area contributed by atoms with Gasteiger partial charge in [0, 0.05) is 5.69 Å². The highest BCUT2D eigenvalue weighted by Gasteiger charge is 2.10. The summed E-state index contributed by atoms with van der Waals surface area (Å²) in [6.07, 6.45) is 0. The Labute approximate surface area is 111 Å². The quantitative estimate of drug-likeness (QED) is 0.869. The first kappa shape index (κ1) is 13.4. The van der Waals surface area contributed by atoms with E-state index in [1.165, 1.54) is 12.1 Å². The number of halogens is 1. The van der Waals surface area contributed by atoms with Crippen LogP contribution in [0.1, 0.15) is 11.6 Å². The molecule has 0 radical (unpaired) electrons. The number of nitrogens with one attached hydrogen (secondary N) is 1. The van der Waals surface area contributed by atoms with E-state index in [1.807, 2.05) is 24.3 Å². The molecule has 100 valence electrons. The van der Waals surface area contributed by atoms with Crippen molar-refractivity contribution in [1.82, 2.24) is 0 Å². The van der Waals surface area contributed by atoms with E-state index in [0.717, 1.165) is 17.0 Å². The van der Waals surface area contributed by atoms with E-state index < -0.39 is 0 Å². The van der Waals surface area contributed by atoms with Crippen LogP contribution in [-0.4, -0.2) is 18.8 Å². The summed E-state index contributed by atoms with van der Waals surface area (Å²) in [6.45, 7) is -0.0519. The van der Waals surface area contributed by atoms with Gasteiger partial charge in [0.1, 0.15) is 11.6 Å². The maximum absolute atomic E-state index is 12.8. The number of ether oxygens (including phenoxy) is 1. The summed E-state index contributed by atoms with van der Waals surface area (Å²) in [5.41, 5.74) is 1.70. The molecule has 0 saturated carbocycles. The Balaban J connectivity index is 2.12. The Morgan fingerprint density at radius 3 is 2.26 bits per heavy atom. The molecule has 2 N–H and O–H groups in total. The summed E-state index contributed by atoms with van der Waals surface area (Å²) in [5, 5.41) is 12.6. The molecule has 1 atom stereocenters. The highest BCUT2D eigenvalue weighted by atomic mass is 19.1. The molecule has 3 nitrogen and oxygen atoms in total. The second-order valence-electron chi connectivity index (χ2n) is 4.16. The third-order valence-electron chi connectivity index (χ3n) is 2.89. The summed E-state index contributed by atoms with van der Waals surface area (Å²) in [7, 11) is 1.61. The van der Waals surface area contributed by atoms with Crippen LogP contribution in [-0.2, 0) is 0 Å². The molecule has 0 spiro atoms. The predicted octanol–water partition coefficient (Wildman–Crippen LogP) is 2.98. The molecule has 0 amide bonds. The lowest BCUT2D eigenvalue weighted by Crippen LogP contribution is -2.14. The maximum Gasteiger partial charge on any atom is 0.123 e. The van der Waals surface area contributed by atoms with E-state index in [0.29, 0.717) is 0 Å². The van der Waals surface area contributed by atoms with Crippen molar-refractivity contribution >= 4 is 5.69 Å². The van der Waals surface area contributed by atoms with Gasteiger partial charge in [0.15, 0.2) is 0 Å². The molecule has 0 heterocycles. The molecule has 2 rings (SSSR count). The summed E-state index contributed by atoms with van der Waals surface area (Å²) in [4.78, 5) is 0. The standard InChI is InChI=1S/C15H16FNO2/c1-19-14-8-2-11(3-9-14)15(10-18)17-13-6-4-12(16)5-7-13/h2-9,15,17-18H,10H2,1H3. The lowest BCUT2D eigenvalue weighted by atomic mass is 10.1. The van der Waals surface area contributed by atoms with E-state index in [2.05, 4.69) is 5.32 Å². The highest BCUT2D eigenvalue weighted by Crippen LogP contribution is 2.21. The van der Waals surface area contributed by atoms with Crippen molar-refractivity contribution in [2.75, 3.05) is 19.0 Å². The van der Waals surface area contributed by atoms with Crippen LogP contribution in [0.15, 0.2) is 48.5 Å². The largest absolute Gasteiger partial charge is 0.497 e. The van der Waals surface area contributed by atoms with Crippen LogP contribution >= 0.6 is 0 Å². The molecule has 0 aromatic heterocycles. The SMILES string of the molecule is COc1ccc(C(CO)Nc2ccc(F)cc2)cc1. The van der Waals surface area contributed by atoms with Crippen molar-refractivity contribution in [3.63, 3.8) is 0 Å². The van der Waals surface area contributed by atoms with E-state index in [9.17, 15) is 9.50 Å². The maximum atomic E-state index is 12.8. The van der Waals surface area contributed by atoms with Gasteiger partial charge in [0.05, 0.1) is 19.8 Å². The molecule has 1 unspecified atom stereocenters. The first-order chi connectivity index (χ1) is 9.22. The number of methoxy groups -OCH3 is 1. The average molecular weight is 261 g/mol. The Bertz CT molecular complexity index is 511. The minimum Gasteiger partial charge on any atom is -0.497 e. The van der Waals surface area contributed by atoms with Gasteiger partial charge < -0.3 is 15.2 Å². The fraction of sp³-hybridized carbons (Fsp3) is 0.200. The predicted molar refractivity (Wildman–Crippen MR) is 72.8 cm³/mol. The van der Waals surface area contributed by atoms with E-state index in [4.69, 9.17) is 4.74 Å². The number of hydrogen-bond acceptors (Lipinski definition) is 3. The third-order valence-corrected chi connectivity index (χ3v) is 2.89. The molecule has 0 aliphatic heterocycles. The van der Waals surface area contributed by atoms with Gasteiger partial charge in [0.25, 0.3) is 0 Å². The van der Waals surface area contributed by atoms with Gasteiger partial charge in [-0.25, -0.2) is 4.39 Å². The van der Waals surface area contributed by atoms with E-state index >= 15 is 0 Å². The van der Waals surface area contributed by atoms with Gasteiger partial charge in [-0.3, -0.25) is 0 Å². The Hall–Kier alpha value is -2.07. The number of rotatable bonds is 5. The van der Waals surface area contributed by atoms with Crippen LogP contribution in [0.4, 0.5) is 10.1 Å². The summed E-state index contributed by atoms with van der Waals surface area (Å²) < 4.78 is 17.9. The van der Waals surface area contributed by atoms with Crippen molar-refractivity contribution in [3.8, 4) is 5.75 Å². The topological polar surface area (TPSA) is 41.5 Å². The summed E-state index contributed by atoms with van der Waals surface area (Å²) >= 11 is 0. The van der Waals surface area contributed by atoms with Crippen molar-refractivity contribution in [2.24, 2.45) is 0 Å². The van der Waals surface area contributed by atoms with E-state index in [1.54, 1.807) is 19.2 Å². The molecule has 2 aromatic rings. The highest BCUT2D eigenvalue weighted by molar-refractivity contribution is 5.46. The first-order valence-corrected chi connectivity index (χ1v) is 6.00. The van der Waals surface area contributed by atoms with Crippen LogP contribution in [0.5, 0.6) is 5.75 Å². The van der Waals surface area contributed by atoms with Crippen LogP contribution in [0.2, 0.25) is 0 Å². The molecular formula is C15H16FNO2. The van der Waals surface area contributed by atoms with E-state index in [-0.39, 0.29) is 18.5 Å². The fourth-order valence-corrected chi connectivity index (χ4v) is 1.82. The fourth-order valence-electron chi connectivity index (χ4n) is 1.82. The zero-order valence-electron chi connectivity index (χ0n) is 10.6. The second-order valence-corrected chi connectivity index (χ2v) is 4.16. The van der Waals surface area contributed by atoms with Crippen LogP contribution in [0.3, 0.4) is 0 Å². The number of aliphatic hydroxyl groups is 1. The molecule has 19 heavy (non-hydrogen) atoms. The Kier molecular flexibility index (Phi) is 4.36. The molecular weight excluding hydrogens is 245 g/mol. The van der Waals surface area contributed by atoms with Crippen molar-refractivity contribution < 1.29 is 14.2 Å². The minimum atomic E-state index is -0.282. The van der Waals surface area contributed by atoms with Gasteiger partial charge in [-0.2, -0.15) is 0 Å². The Morgan fingerprint density at radius 1 is 1.11 bits per heavy atom. The molecule has 4 heteroatoms. The number of aliphatic hydroxyl groups excluding tert-OH is 1. The molecule has 0 aliphatic carbocycles. The Morgan fingerprint density at radius 2 is 1.74 bits per heavy atom. The summed E-state index contributed by atoms with van der Waals surface area (Å²) in [6, 6.07) is 13.2. The number of hydrogen-bond donors (Lipinski definition) is 2. The van der Waals surface area contributed by atoms with Gasteiger partial charge in [-0.1, -0.05) is 12.1 Å². The molecule has 0 aliphatic rings. The third kappa shape index (κ3) is 3.45. The van der Waals surface area contributed by atoms with Crippen LogP contribution < -0.4 is 10.1 Å². The lowest BCUT2D eigenvalue weighted by Gasteiger charge is -2.18. The van der Waals surface area contributed by atoms with Gasteiger partial charge in [-0.15, -0.1) is 0 Å². The van der Waals surface area contributed by atoms with Crippen molar-refractivity contribution in [1.29, 1.82) is 0 Å². The zero-order valence-corrected chi connectivity index (χ0v) is 10.6. The molecule has 0 fully saturated rings. The molecule has 0 bridgehead atoms. The van der Waals surface area contributed by atoms with Gasteiger partial charge in [-0.05, 0) is 42.0 Å². The summed E-state index contributed by atoms with van der Waals surface area (Å²) in [5.74, 6) is 0.484. The second kappa shape index (κ2) is 6.20. The van der Waals surface area contributed by atoms with Gasteiger partial charge in [0.2, 0.25) is 0 Å². The van der Waals surface area contributed by atoms with Gasteiger partial charge >= 0.3 is 0 Å². The normalized spacial score (nSPS) is 11.9. The molecule has 0 saturated heterocycles. The number of anilines is 1. The molecule has 2 aromatic carbocycles. The van der Waals surface area contributed by atoms with Crippen molar-refractivity contribution in [2.45, 2.75) is 6.04 Å². The average Bonchev–Trinajstić information content (AvgIpc) is 2.47. The smallest absolute Gasteiger partial charge is 0.123 e. The first-order valence-electron chi connectivity index (χ1n) is 6.00. The minimum absolute atomic E-state index is 0.0519. The van der Waals surface area contributed by atoms with Crippen LogP contribution in [0.25, 0.3) is 0 Å². The zero-order chi connectivity index (χ0) is 13.7. The van der Waals surface area contributed by atoms with Crippen molar-refractivity contribution in [3.05, 3.63) is 59.9 Å². The monoisotopic (exact) mass is 261 g/mol. The lowest BCUT2D eigenvalue weighted by molar-refractivity contribution is 0.276. The number of benzene rings is 2.